The molecule has 4 aliphatic rings. The molecule has 0 spiro atoms. The molecule has 1 saturated heterocycles. The minimum Gasteiger partial charge on any atom is -0.455 e. The van der Waals surface area contributed by atoms with Gasteiger partial charge in [0.25, 0.3) is 0 Å². The number of hydrogen-bond acceptors (Lipinski definition) is 19. The van der Waals surface area contributed by atoms with Crippen molar-refractivity contribution in [2.75, 3.05) is 13.2 Å². The fourth-order valence-electron chi connectivity index (χ4n) is 13.6. The Balaban J connectivity index is 1.02. The summed E-state index contributed by atoms with van der Waals surface area (Å²) in [5, 5.41) is 48.5. The summed E-state index contributed by atoms with van der Waals surface area (Å²) in [6.45, 7) is 14.2. The molecular weight excluding hydrogens is 1250 g/mol. The van der Waals surface area contributed by atoms with Crippen molar-refractivity contribution in [2.45, 2.75) is 192 Å². The first-order chi connectivity index (χ1) is 45.0. The molecule has 1 heterocycles. The molecule has 11 N–H and O–H groups in total. The Labute approximate surface area is 556 Å². The second-order valence-corrected chi connectivity index (χ2v) is 27.3. The van der Waals surface area contributed by atoms with Crippen LogP contribution in [0.5, 0.6) is 0 Å². The Bertz CT molecular complexity index is 3480. The first-order valence-corrected chi connectivity index (χ1v) is 32.1. The van der Waals surface area contributed by atoms with Gasteiger partial charge < -0.3 is 71.7 Å². The molecule has 3 fully saturated rings. The lowest BCUT2D eigenvalue weighted by molar-refractivity contribution is -0.313. The number of halogens is 1. The molecule has 1 aliphatic heterocycles. The van der Waals surface area contributed by atoms with E-state index in [1.54, 1.807) is 84.0 Å². The van der Waals surface area contributed by atoms with Gasteiger partial charge in [0.15, 0.2) is 11.6 Å². The van der Waals surface area contributed by atoms with E-state index in [9.17, 15) is 62.9 Å². The minimum atomic E-state index is -2.33. The fourth-order valence-corrected chi connectivity index (χ4v) is 13.6. The van der Waals surface area contributed by atoms with Gasteiger partial charge >= 0.3 is 24.0 Å². The van der Waals surface area contributed by atoms with Crippen molar-refractivity contribution >= 4 is 71.2 Å². The number of Topliss-reactive ketones (excluding diaryl/α,β-unsaturated/α-hetero) is 2. The normalized spacial score (nSPS) is 25.8. The number of ketones is 2. The summed E-state index contributed by atoms with van der Waals surface area (Å²) in [7, 11) is 0. The number of esters is 3. The molecule has 6 amide bonds. The molecule has 3 aromatic carbocycles. The van der Waals surface area contributed by atoms with Crippen LogP contribution in [0.1, 0.15) is 154 Å². The number of carbonyl (C=O) groups is 11. The summed E-state index contributed by atoms with van der Waals surface area (Å²) in [6.07, 6.45) is -10.1. The summed E-state index contributed by atoms with van der Waals surface area (Å²) in [6, 6.07) is 17.5. The van der Waals surface area contributed by atoms with Crippen LogP contribution in [0.3, 0.4) is 0 Å². The highest BCUT2D eigenvalue weighted by molar-refractivity contribution is 5.97. The summed E-state index contributed by atoms with van der Waals surface area (Å²) in [5.41, 5.74) is 3.97. The number of nitrogens with two attached hydrogens (primary N) is 2. The Kier molecular flexibility index (Phi) is 24.1. The van der Waals surface area contributed by atoms with E-state index in [1.165, 1.54) is 69.3 Å². The molecule has 7 rings (SSSR count). The van der Waals surface area contributed by atoms with Crippen LogP contribution >= 0.6 is 0 Å². The number of aliphatic hydroxyl groups excluding tert-OH is 2. The third kappa shape index (κ3) is 17.3. The van der Waals surface area contributed by atoms with Crippen LogP contribution in [0.2, 0.25) is 0 Å². The molecule has 0 radical (unpaired) electrons. The summed E-state index contributed by atoms with van der Waals surface area (Å²) in [4.78, 5) is 149. The van der Waals surface area contributed by atoms with Gasteiger partial charge in [0, 0.05) is 67.4 Å². The van der Waals surface area contributed by atoms with E-state index in [0.717, 1.165) is 6.08 Å². The summed E-state index contributed by atoms with van der Waals surface area (Å²) >= 11 is 0. The second-order valence-electron chi connectivity index (χ2n) is 27.3. The second kappa shape index (κ2) is 31.0. The van der Waals surface area contributed by atoms with Crippen LogP contribution in [-0.2, 0) is 66.8 Å². The number of hydrogen-bond donors (Lipinski definition) is 9. The number of benzene rings is 3. The molecule has 2 saturated carbocycles. The van der Waals surface area contributed by atoms with E-state index < -0.39 is 191 Å². The molecule has 2 unspecified atom stereocenters. The predicted octanol–water partition coefficient (Wildman–Crippen LogP) is 4.75. The number of rotatable bonds is 28. The minimum absolute atomic E-state index is 0.00666. The average molecular weight is 1340 g/mol. The fraction of sp³-hybridized carbons (Fsp3) is 0.529. The van der Waals surface area contributed by atoms with Crippen LogP contribution in [0.15, 0.2) is 102 Å². The van der Waals surface area contributed by atoms with Crippen LogP contribution in [-0.4, -0.2) is 153 Å². The Morgan fingerprint density at radius 3 is 2.09 bits per heavy atom. The van der Waals surface area contributed by atoms with Crippen molar-refractivity contribution in [2.24, 2.45) is 39.5 Å². The molecule has 0 aromatic heterocycles. The van der Waals surface area contributed by atoms with Gasteiger partial charge in [-0.3, -0.25) is 38.4 Å². The number of alkyl carbamates (subject to hydrolysis) is 1. The summed E-state index contributed by atoms with van der Waals surface area (Å²) in [5.74, 6) is -11.2. The van der Waals surface area contributed by atoms with Gasteiger partial charge in [-0.25, -0.2) is 18.8 Å². The number of unbranched alkanes of at least 4 members (excludes halogenated alkanes) is 1. The van der Waals surface area contributed by atoms with Gasteiger partial charge in [-0.15, -0.1) is 0 Å². The highest BCUT2D eigenvalue weighted by Gasteiger charge is 2.75. The average Bonchev–Trinajstić information content (AvgIpc) is 0.675. The zero-order chi connectivity index (χ0) is 70.8. The molecule has 14 atom stereocenters. The number of primary amides is 2. The van der Waals surface area contributed by atoms with Crippen molar-refractivity contribution in [3.8, 4) is 0 Å². The maximum absolute atomic E-state index is 15.3. The van der Waals surface area contributed by atoms with Crippen LogP contribution < -0.4 is 32.7 Å². The highest BCUT2D eigenvalue weighted by atomic mass is 19.1. The van der Waals surface area contributed by atoms with E-state index in [1.807, 2.05) is 0 Å². The molecule has 26 heteroatoms. The number of nitrogens with one attached hydrogen (secondary N) is 4. The molecule has 25 nitrogen and oxygen atoms in total. The Morgan fingerprint density at radius 1 is 0.812 bits per heavy atom. The van der Waals surface area contributed by atoms with Crippen LogP contribution in [0.4, 0.5) is 9.18 Å². The molecule has 96 heavy (non-hydrogen) atoms. The highest BCUT2D eigenvalue weighted by Crippen LogP contribution is 2.66. The van der Waals surface area contributed by atoms with Crippen molar-refractivity contribution in [1.82, 2.24) is 21.3 Å². The first kappa shape index (κ1) is 74.7. The molecular formula is C70H89FN6O19. The molecule has 2 bridgehead atoms. The van der Waals surface area contributed by atoms with E-state index in [0.29, 0.717) is 5.56 Å². The molecule has 3 aromatic rings. The predicted molar refractivity (Wildman–Crippen MR) is 343 cm³/mol. The zero-order valence-corrected chi connectivity index (χ0v) is 55.5. The van der Waals surface area contributed by atoms with Crippen molar-refractivity contribution in [1.29, 1.82) is 0 Å². The van der Waals surface area contributed by atoms with E-state index in [4.69, 9.17) is 35.2 Å². The van der Waals surface area contributed by atoms with Crippen molar-refractivity contribution < 1.29 is 96.1 Å². The van der Waals surface area contributed by atoms with Crippen molar-refractivity contribution in [3.05, 3.63) is 125 Å². The lowest BCUT2D eigenvalue weighted by Gasteiger charge is -2.68. The number of fused-ring (bicyclic) bond motifs is 5. The maximum atomic E-state index is 15.3. The third-order valence-electron chi connectivity index (χ3n) is 19.1. The van der Waals surface area contributed by atoms with Gasteiger partial charge in [0.2, 0.25) is 35.6 Å². The number of aliphatic hydroxyl groups is 3. The van der Waals surface area contributed by atoms with Gasteiger partial charge in [0.05, 0.1) is 42.3 Å². The van der Waals surface area contributed by atoms with Gasteiger partial charge in [-0.2, -0.15) is 0 Å². The third-order valence-corrected chi connectivity index (χ3v) is 19.1. The SMILES string of the molecule is CC1=C2[C@@H](O)C(=O)[C@@]3(C)[C@H]([C@H](OC(=O)c4ccccc4)[C@](O)(C[C@@H]1OC(=O)[C@H](OC(=O)CCC(=O)NCCCCC(NC(=O)CC[C@H](CC(=O)C(C)NC(=O)/C=C/c1cccc(F)c1)C(N)=O)C(N)=O)[C@@H](NC(=O)OC(C)(C)C)c1ccccc1)C2(C)C)[C@]1(C)CO[C@@H]1C[C@@H]3O. The Hall–Kier alpha value is -8.72. The maximum Gasteiger partial charge on any atom is 0.408 e. The van der Waals surface area contributed by atoms with Crippen molar-refractivity contribution in [3.63, 3.8) is 0 Å². The van der Waals surface area contributed by atoms with Gasteiger partial charge in [-0.05, 0) is 120 Å². The summed E-state index contributed by atoms with van der Waals surface area (Å²) < 4.78 is 43.8. The largest absolute Gasteiger partial charge is 0.455 e. The first-order valence-electron chi connectivity index (χ1n) is 32.1. The zero-order valence-electron chi connectivity index (χ0n) is 55.5. The monoisotopic (exact) mass is 1340 g/mol. The van der Waals surface area contributed by atoms with Crippen LogP contribution in [0, 0.1) is 33.9 Å². The Morgan fingerprint density at radius 2 is 1.48 bits per heavy atom. The molecule has 520 valence electrons. The lowest BCUT2D eigenvalue weighted by atomic mass is 9.42. The van der Waals surface area contributed by atoms with Gasteiger partial charge in [0.1, 0.15) is 47.4 Å². The molecule has 3 aliphatic carbocycles. The lowest BCUT2D eigenvalue weighted by Crippen LogP contribution is -2.77. The van der Waals surface area contributed by atoms with Crippen LogP contribution in [0.25, 0.3) is 6.08 Å². The quantitative estimate of drug-likeness (QED) is 0.0156. The number of amides is 6. The standard InChI is InChI=1S/C70H89FN6O19/c1-38-47(36-70(91)60(95-63(88)42-22-14-11-15-23-42)58-68(8)37-92-49(68)35-48(79)69(58,9)59(85)56(84)54(38)67(70,6)7)93-64(89)57(55(41-20-12-10-13-21-41)77-65(90)96-66(3,4)5)94-53(83)31-30-50(80)74-32-17-16-25-45(62(73)87)76-52(82)29-27-43(61(72)86)34-46(78)39(2)75-51(81)28-26-40-19-18-24-44(71)33-40/h10-15,18-24,26,28,33,39,43,45,47-49,55-58,60,79,84,91H,16-17,25,27,29-32,34-37H2,1-9H3,(H2,72,86)(H2,73,87)(H,74,80)(H,75,81)(H,76,82)(H,77,90)/b28-26+/t39?,43-,45?,47+,48+,49-,55+,56-,57-,58-,60+,68-,69-,70-/m1/s1. The smallest absolute Gasteiger partial charge is 0.408 e. The number of ether oxygens (including phenoxy) is 5. The number of carbonyl (C=O) groups excluding carboxylic acids is 11. The van der Waals surface area contributed by atoms with E-state index in [-0.39, 0.29) is 73.9 Å². The van der Waals surface area contributed by atoms with Gasteiger partial charge in [-0.1, -0.05) is 81.4 Å². The topological polar surface area (TPSA) is 395 Å². The van der Waals surface area contributed by atoms with E-state index in [2.05, 4.69) is 21.3 Å². The van der Waals surface area contributed by atoms with E-state index >= 15 is 9.59 Å².